The lowest BCUT2D eigenvalue weighted by Crippen LogP contribution is -2.55. The molecule has 1 aliphatic heterocycles. The molecule has 1 aromatic rings. The van der Waals surface area contributed by atoms with Gasteiger partial charge in [0.2, 0.25) is 0 Å². The summed E-state index contributed by atoms with van der Waals surface area (Å²) in [5.74, 6) is 0.985. The molecule has 0 spiro atoms. The van der Waals surface area contributed by atoms with E-state index in [1.54, 1.807) is 6.20 Å². The monoisotopic (exact) mass is 262 g/mol. The minimum absolute atomic E-state index is 0.0215. The lowest BCUT2D eigenvalue weighted by atomic mass is 10.1. The zero-order valence-electron chi connectivity index (χ0n) is 11.9. The Bertz CT molecular complexity index is 419. The number of urea groups is 1. The molecule has 0 radical (unpaired) electrons. The van der Waals surface area contributed by atoms with Crippen LogP contribution in [0.4, 0.5) is 10.6 Å². The van der Waals surface area contributed by atoms with Gasteiger partial charge in [-0.25, -0.2) is 9.78 Å². The Morgan fingerprint density at radius 3 is 2.42 bits per heavy atom. The molecule has 1 aromatic heterocycles. The van der Waals surface area contributed by atoms with Crippen LogP contribution < -0.4 is 10.2 Å². The third-order valence-electron chi connectivity index (χ3n) is 3.02. The molecule has 1 fully saturated rings. The molecule has 0 atom stereocenters. The molecule has 104 valence electrons. The number of nitrogens with zero attached hydrogens (tertiary/aromatic N) is 3. The van der Waals surface area contributed by atoms with Crippen LogP contribution in [0.15, 0.2) is 24.4 Å². The van der Waals surface area contributed by atoms with E-state index in [1.165, 1.54) is 0 Å². The Morgan fingerprint density at radius 1 is 1.21 bits per heavy atom. The molecule has 2 amide bonds. The highest BCUT2D eigenvalue weighted by Crippen LogP contribution is 2.13. The summed E-state index contributed by atoms with van der Waals surface area (Å²) < 4.78 is 0. The molecule has 0 unspecified atom stereocenters. The van der Waals surface area contributed by atoms with Gasteiger partial charge in [0.05, 0.1) is 0 Å². The van der Waals surface area contributed by atoms with Gasteiger partial charge in [-0.05, 0) is 32.9 Å². The highest BCUT2D eigenvalue weighted by molar-refractivity contribution is 5.75. The standard InChI is InChI=1S/C14H22N4O/c1-14(2,3)16-13(19)18-10-8-17(9-11-18)12-6-4-5-7-15-12/h4-7H,8-11H2,1-3H3,(H,16,19). The second kappa shape index (κ2) is 5.47. The molecule has 1 saturated heterocycles. The number of piperazine rings is 1. The number of pyridine rings is 1. The highest BCUT2D eigenvalue weighted by Gasteiger charge is 2.24. The SMILES string of the molecule is CC(C)(C)NC(=O)N1CCN(c2ccccn2)CC1. The van der Waals surface area contributed by atoms with Crippen LogP contribution in [0.5, 0.6) is 0 Å². The van der Waals surface area contributed by atoms with Gasteiger partial charge in [-0.15, -0.1) is 0 Å². The molecule has 5 nitrogen and oxygen atoms in total. The number of rotatable bonds is 1. The average Bonchev–Trinajstić information content (AvgIpc) is 2.38. The van der Waals surface area contributed by atoms with Crippen molar-refractivity contribution in [2.24, 2.45) is 0 Å². The van der Waals surface area contributed by atoms with E-state index < -0.39 is 0 Å². The molecule has 0 aliphatic carbocycles. The topological polar surface area (TPSA) is 48.5 Å². The van der Waals surface area contributed by atoms with E-state index in [-0.39, 0.29) is 11.6 Å². The zero-order valence-corrected chi connectivity index (χ0v) is 11.9. The highest BCUT2D eigenvalue weighted by atomic mass is 16.2. The Balaban J connectivity index is 1.88. The van der Waals surface area contributed by atoms with Gasteiger partial charge in [0.25, 0.3) is 0 Å². The molecule has 5 heteroatoms. The third kappa shape index (κ3) is 3.84. The molecule has 2 rings (SSSR count). The molecule has 0 saturated carbocycles. The number of hydrogen-bond donors (Lipinski definition) is 1. The first-order valence-electron chi connectivity index (χ1n) is 6.69. The van der Waals surface area contributed by atoms with Gasteiger partial charge >= 0.3 is 6.03 Å². The normalized spacial score (nSPS) is 16.4. The van der Waals surface area contributed by atoms with E-state index in [2.05, 4.69) is 15.2 Å². The Morgan fingerprint density at radius 2 is 1.89 bits per heavy atom. The van der Waals surface area contributed by atoms with Crippen molar-refractivity contribution in [2.45, 2.75) is 26.3 Å². The summed E-state index contributed by atoms with van der Waals surface area (Å²) in [5.41, 5.74) is -0.185. The maximum atomic E-state index is 12.0. The van der Waals surface area contributed by atoms with Gasteiger partial charge in [-0.3, -0.25) is 0 Å². The van der Waals surface area contributed by atoms with E-state index in [0.29, 0.717) is 0 Å². The van der Waals surface area contributed by atoms with Crippen molar-refractivity contribution < 1.29 is 4.79 Å². The average molecular weight is 262 g/mol. The second-order valence-electron chi connectivity index (χ2n) is 5.84. The smallest absolute Gasteiger partial charge is 0.317 e. The predicted octanol–water partition coefficient (Wildman–Crippen LogP) is 1.71. The van der Waals surface area contributed by atoms with Crippen molar-refractivity contribution in [1.82, 2.24) is 15.2 Å². The molecule has 1 N–H and O–H groups in total. The number of anilines is 1. The van der Waals surface area contributed by atoms with Crippen LogP contribution in [0.1, 0.15) is 20.8 Å². The largest absolute Gasteiger partial charge is 0.353 e. The van der Waals surface area contributed by atoms with Crippen molar-refractivity contribution in [3.63, 3.8) is 0 Å². The van der Waals surface area contributed by atoms with Gasteiger partial charge in [0, 0.05) is 37.9 Å². The van der Waals surface area contributed by atoms with Gasteiger partial charge in [0.15, 0.2) is 0 Å². The van der Waals surface area contributed by atoms with E-state index in [0.717, 1.165) is 32.0 Å². The number of hydrogen-bond acceptors (Lipinski definition) is 3. The Hall–Kier alpha value is -1.78. The van der Waals surface area contributed by atoms with Gasteiger partial charge in [0.1, 0.15) is 5.82 Å². The van der Waals surface area contributed by atoms with Crippen LogP contribution in [0.25, 0.3) is 0 Å². The summed E-state index contributed by atoms with van der Waals surface area (Å²) in [6.07, 6.45) is 1.80. The zero-order chi connectivity index (χ0) is 13.9. The van der Waals surface area contributed by atoms with E-state index in [4.69, 9.17) is 0 Å². The Labute approximate surface area is 114 Å². The van der Waals surface area contributed by atoms with Crippen molar-refractivity contribution in [3.8, 4) is 0 Å². The van der Waals surface area contributed by atoms with Gasteiger partial charge < -0.3 is 15.1 Å². The van der Waals surface area contributed by atoms with Crippen LogP contribution in [0.3, 0.4) is 0 Å². The van der Waals surface area contributed by atoms with Crippen LogP contribution in [0, 0.1) is 0 Å². The van der Waals surface area contributed by atoms with E-state index >= 15 is 0 Å². The molecule has 1 aliphatic rings. The maximum Gasteiger partial charge on any atom is 0.317 e. The van der Waals surface area contributed by atoms with E-state index in [1.807, 2.05) is 43.9 Å². The third-order valence-corrected chi connectivity index (χ3v) is 3.02. The molecule has 19 heavy (non-hydrogen) atoms. The molecular weight excluding hydrogens is 240 g/mol. The number of carbonyl (C=O) groups excluding carboxylic acids is 1. The van der Waals surface area contributed by atoms with Crippen LogP contribution in [-0.2, 0) is 0 Å². The van der Waals surface area contributed by atoms with Crippen molar-refractivity contribution in [3.05, 3.63) is 24.4 Å². The second-order valence-corrected chi connectivity index (χ2v) is 5.84. The minimum Gasteiger partial charge on any atom is -0.353 e. The number of aromatic nitrogens is 1. The quantitative estimate of drug-likeness (QED) is 0.838. The Kier molecular flexibility index (Phi) is 3.93. The molecular formula is C14H22N4O. The van der Waals surface area contributed by atoms with Crippen LogP contribution in [0.2, 0.25) is 0 Å². The molecule has 2 heterocycles. The molecule has 0 bridgehead atoms. The van der Waals surface area contributed by atoms with Crippen LogP contribution >= 0.6 is 0 Å². The number of carbonyl (C=O) groups is 1. The summed E-state index contributed by atoms with van der Waals surface area (Å²) in [6.45, 7) is 9.11. The first-order chi connectivity index (χ1) is 8.96. The fourth-order valence-electron chi connectivity index (χ4n) is 2.08. The number of nitrogens with one attached hydrogen (secondary N) is 1. The van der Waals surface area contributed by atoms with Gasteiger partial charge in [-0.2, -0.15) is 0 Å². The fourth-order valence-corrected chi connectivity index (χ4v) is 2.08. The summed E-state index contributed by atoms with van der Waals surface area (Å²) in [7, 11) is 0. The summed E-state index contributed by atoms with van der Waals surface area (Å²) in [4.78, 5) is 20.5. The predicted molar refractivity (Wildman–Crippen MR) is 76.3 cm³/mol. The van der Waals surface area contributed by atoms with Gasteiger partial charge in [-0.1, -0.05) is 6.07 Å². The van der Waals surface area contributed by atoms with Crippen molar-refractivity contribution in [2.75, 3.05) is 31.1 Å². The lowest BCUT2D eigenvalue weighted by Gasteiger charge is -2.36. The summed E-state index contributed by atoms with van der Waals surface area (Å²) >= 11 is 0. The number of amides is 2. The maximum absolute atomic E-state index is 12.0. The summed E-state index contributed by atoms with van der Waals surface area (Å²) in [6, 6.07) is 5.93. The molecule has 0 aromatic carbocycles. The van der Waals surface area contributed by atoms with E-state index in [9.17, 15) is 4.79 Å². The van der Waals surface area contributed by atoms with Crippen LogP contribution in [-0.4, -0.2) is 47.6 Å². The lowest BCUT2D eigenvalue weighted by molar-refractivity contribution is 0.185. The van der Waals surface area contributed by atoms with Crippen molar-refractivity contribution >= 4 is 11.8 Å². The minimum atomic E-state index is -0.185. The fraction of sp³-hybridized carbons (Fsp3) is 0.571. The first-order valence-corrected chi connectivity index (χ1v) is 6.69. The first kappa shape index (κ1) is 13.6. The van der Waals surface area contributed by atoms with Crippen molar-refractivity contribution in [1.29, 1.82) is 0 Å². The summed E-state index contributed by atoms with van der Waals surface area (Å²) in [5, 5.41) is 3.00.